The Hall–Kier alpha value is -1.27. The Bertz CT molecular complexity index is 490. The molecular formula is C11H11FN2OS2. The molecule has 6 heteroatoms. The summed E-state index contributed by atoms with van der Waals surface area (Å²) in [4.78, 5) is 3.94. The summed E-state index contributed by atoms with van der Waals surface area (Å²) < 4.78 is 19.6. The standard InChI is InChI=1S/C11H11FN2OS2/c12-8-3-1-2-4-9(8)15-5-6-16-10-7-14-11(13)17-10/h1-4,7H,5-6H2,(H2,13,14). The highest BCUT2D eigenvalue weighted by atomic mass is 32.2. The van der Waals surface area contributed by atoms with Gasteiger partial charge in [0.05, 0.1) is 17.0 Å². The van der Waals surface area contributed by atoms with E-state index in [1.165, 1.54) is 17.4 Å². The second kappa shape index (κ2) is 5.88. The summed E-state index contributed by atoms with van der Waals surface area (Å²) in [5.41, 5.74) is 5.51. The van der Waals surface area contributed by atoms with E-state index in [0.717, 1.165) is 9.96 Å². The summed E-state index contributed by atoms with van der Waals surface area (Å²) in [5.74, 6) is 0.687. The summed E-state index contributed by atoms with van der Waals surface area (Å²) in [7, 11) is 0. The van der Waals surface area contributed by atoms with Gasteiger partial charge in [-0.2, -0.15) is 0 Å². The molecule has 2 N–H and O–H groups in total. The van der Waals surface area contributed by atoms with Crippen LogP contribution >= 0.6 is 23.1 Å². The Labute approximate surface area is 107 Å². The zero-order valence-electron chi connectivity index (χ0n) is 8.93. The molecule has 3 nitrogen and oxygen atoms in total. The molecule has 0 atom stereocenters. The number of thioether (sulfide) groups is 1. The Morgan fingerprint density at radius 3 is 2.94 bits per heavy atom. The summed E-state index contributed by atoms with van der Waals surface area (Å²) in [6, 6.07) is 6.38. The van der Waals surface area contributed by atoms with E-state index in [2.05, 4.69) is 4.98 Å². The van der Waals surface area contributed by atoms with Gasteiger partial charge in [-0.15, -0.1) is 11.8 Å². The minimum Gasteiger partial charge on any atom is -0.490 e. The monoisotopic (exact) mass is 270 g/mol. The van der Waals surface area contributed by atoms with E-state index in [0.29, 0.717) is 11.7 Å². The molecule has 1 aromatic heterocycles. The van der Waals surface area contributed by atoms with Crippen molar-refractivity contribution in [1.29, 1.82) is 0 Å². The molecule has 1 heterocycles. The fraction of sp³-hybridized carbons (Fsp3) is 0.182. The first-order chi connectivity index (χ1) is 8.25. The van der Waals surface area contributed by atoms with Gasteiger partial charge in [-0.25, -0.2) is 9.37 Å². The summed E-state index contributed by atoms with van der Waals surface area (Å²) in [5, 5.41) is 0.558. The molecular weight excluding hydrogens is 259 g/mol. The van der Waals surface area contributed by atoms with Crippen molar-refractivity contribution in [2.45, 2.75) is 4.21 Å². The number of aromatic nitrogens is 1. The second-order valence-corrected chi connectivity index (χ2v) is 5.60. The van der Waals surface area contributed by atoms with Crippen LogP contribution in [0.15, 0.2) is 34.7 Å². The molecule has 17 heavy (non-hydrogen) atoms. The first-order valence-corrected chi connectivity index (χ1v) is 6.77. The van der Waals surface area contributed by atoms with Crippen LogP contribution in [0.4, 0.5) is 9.52 Å². The molecule has 0 aliphatic carbocycles. The highest BCUT2D eigenvalue weighted by Gasteiger charge is 2.02. The quantitative estimate of drug-likeness (QED) is 0.670. The van der Waals surface area contributed by atoms with Crippen LogP contribution < -0.4 is 10.5 Å². The number of para-hydroxylation sites is 1. The molecule has 0 fully saturated rings. The average Bonchev–Trinajstić information content (AvgIpc) is 2.73. The van der Waals surface area contributed by atoms with Gasteiger partial charge in [-0.3, -0.25) is 0 Å². The van der Waals surface area contributed by atoms with Gasteiger partial charge in [0.1, 0.15) is 0 Å². The van der Waals surface area contributed by atoms with E-state index < -0.39 is 0 Å². The van der Waals surface area contributed by atoms with Crippen molar-refractivity contribution in [3.05, 3.63) is 36.3 Å². The molecule has 0 unspecified atom stereocenters. The number of halogens is 1. The first kappa shape index (κ1) is 12.2. The van der Waals surface area contributed by atoms with Crippen molar-refractivity contribution >= 4 is 28.2 Å². The van der Waals surface area contributed by atoms with Crippen molar-refractivity contribution in [2.75, 3.05) is 18.1 Å². The van der Waals surface area contributed by atoms with Gasteiger partial charge in [0.2, 0.25) is 0 Å². The van der Waals surface area contributed by atoms with Crippen molar-refractivity contribution in [1.82, 2.24) is 4.98 Å². The van der Waals surface area contributed by atoms with Crippen LogP contribution in [0.3, 0.4) is 0 Å². The van der Waals surface area contributed by atoms with E-state index >= 15 is 0 Å². The maximum absolute atomic E-state index is 13.2. The van der Waals surface area contributed by atoms with Crippen LogP contribution in [0.5, 0.6) is 5.75 Å². The minimum absolute atomic E-state index is 0.289. The highest BCUT2D eigenvalue weighted by Crippen LogP contribution is 2.26. The number of hydrogen-bond acceptors (Lipinski definition) is 5. The number of thiazole rings is 1. The largest absolute Gasteiger partial charge is 0.490 e. The lowest BCUT2D eigenvalue weighted by Crippen LogP contribution is -2.01. The Kier molecular flexibility index (Phi) is 4.22. The molecule has 0 saturated heterocycles. The van der Waals surface area contributed by atoms with E-state index in [9.17, 15) is 4.39 Å². The molecule has 2 aromatic rings. The van der Waals surface area contributed by atoms with Crippen LogP contribution in [-0.2, 0) is 0 Å². The third-order valence-electron chi connectivity index (χ3n) is 1.92. The van der Waals surface area contributed by atoms with E-state index in [4.69, 9.17) is 10.5 Å². The molecule has 0 radical (unpaired) electrons. The normalized spacial score (nSPS) is 10.4. The van der Waals surface area contributed by atoms with E-state index in [1.807, 2.05) is 0 Å². The highest BCUT2D eigenvalue weighted by molar-refractivity contribution is 8.01. The fourth-order valence-electron chi connectivity index (χ4n) is 1.19. The second-order valence-electron chi connectivity index (χ2n) is 3.14. The van der Waals surface area contributed by atoms with Crippen LogP contribution in [0, 0.1) is 5.82 Å². The number of nitrogens with two attached hydrogens (primary N) is 1. The number of rotatable bonds is 5. The number of anilines is 1. The zero-order chi connectivity index (χ0) is 12.1. The SMILES string of the molecule is Nc1ncc(SCCOc2ccccc2F)s1. The van der Waals surface area contributed by atoms with Crippen LogP contribution in [0.25, 0.3) is 0 Å². The Balaban J connectivity index is 1.75. The summed E-state index contributed by atoms with van der Waals surface area (Å²) in [6.07, 6.45) is 1.73. The van der Waals surface area contributed by atoms with Crippen molar-refractivity contribution < 1.29 is 9.13 Å². The van der Waals surface area contributed by atoms with Gasteiger partial charge >= 0.3 is 0 Å². The predicted octanol–water partition coefficient (Wildman–Crippen LogP) is 3.04. The van der Waals surface area contributed by atoms with Gasteiger partial charge in [-0.1, -0.05) is 23.5 Å². The Morgan fingerprint density at radius 1 is 1.41 bits per heavy atom. The van der Waals surface area contributed by atoms with E-state index in [-0.39, 0.29) is 11.6 Å². The van der Waals surface area contributed by atoms with Crippen LogP contribution in [-0.4, -0.2) is 17.3 Å². The number of nitrogen functional groups attached to an aromatic ring is 1. The van der Waals surface area contributed by atoms with Gasteiger partial charge in [0, 0.05) is 5.75 Å². The molecule has 90 valence electrons. The Morgan fingerprint density at radius 2 is 2.24 bits per heavy atom. The zero-order valence-corrected chi connectivity index (χ0v) is 10.6. The molecule has 2 rings (SSSR count). The fourth-order valence-corrected chi connectivity index (χ4v) is 2.85. The molecule has 0 spiro atoms. The molecule has 0 bridgehead atoms. The van der Waals surface area contributed by atoms with Crippen molar-refractivity contribution in [2.24, 2.45) is 0 Å². The predicted molar refractivity (Wildman–Crippen MR) is 69.1 cm³/mol. The summed E-state index contributed by atoms with van der Waals surface area (Å²) in [6.45, 7) is 0.448. The topological polar surface area (TPSA) is 48.1 Å². The minimum atomic E-state index is -0.334. The molecule has 1 aromatic carbocycles. The lowest BCUT2D eigenvalue weighted by atomic mass is 10.3. The molecule has 0 aliphatic rings. The number of hydrogen-bond donors (Lipinski definition) is 1. The summed E-state index contributed by atoms with van der Waals surface area (Å²) >= 11 is 3.03. The van der Waals surface area contributed by atoms with Gasteiger partial charge in [0.25, 0.3) is 0 Å². The third-order valence-corrected chi connectivity index (χ3v) is 3.91. The van der Waals surface area contributed by atoms with Gasteiger partial charge < -0.3 is 10.5 Å². The number of nitrogens with zero attached hydrogens (tertiary/aromatic N) is 1. The van der Waals surface area contributed by atoms with E-state index in [1.54, 1.807) is 36.2 Å². The first-order valence-electron chi connectivity index (χ1n) is 4.97. The maximum Gasteiger partial charge on any atom is 0.181 e. The number of benzene rings is 1. The average molecular weight is 270 g/mol. The van der Waals surface area contributed by atoms with Crippen molar-refractivity contribution in [3.8, 4) is 5.75 Å². The molecule has 0 saturated carbocycles. The smallest absolute Gasteiger partial charge is 0.181 e. The number of ether oxygens (including phenoxy) is 1. The maximum atomic E-state index is 13.2. The van der Waals surface area contributed by atoms with Gasteiger partial charge in [0.15, 0.2) is 16.7 Å². The van der Waals surface area contributed by atoms with Crippen LogP contribution in [0.1, 0.15) is 0 Å². The molecule has 0 aliphatic heterocycles. The lowest BCUT2D eigenvalue weighted by molar-refractivity contribution is 0.325. The molecule has 0 amide bonds. The lowest BCUT2D eigenvalue weighted by Gasteiger charge is -2.05. The van der Waals surface area contributed by atoms with Crippen molar-refractivity contribution in [3.63, 3.8) is 0 Å². The van der Waals surface area contributed by atoms with Crippen LogP contribution in [0.2, 0.25) is 0 Å². The third kappa shape index (κ3) is 3.61. The van der Waals surface area contributed by atoms with Gasteiger partial charge in [-0.05, 0) is 12.1 Å².